The largest absolute Gasteiger partial charge is 0.465 e. The summed E-state index contributed by atoms with van der Waals surface area (Å²) in [5, 5.41) is 5.22. The lowest BCUT2D eigenvalue weighted by Crippen LogP contribution is -2.15. The number of thiophene rings is 1. The van der Waals surface area contributed by atoms with E-state index in [9.17, 15) is 9.59 Å². The number of carbonyl (C=O) groups is 2. The van der Waals surface area contributed by atoms with Crippen LogP contribution in [0.25, 0.3) is 11.1 Å². The first-order chi connectivity index (χ1) is 10.9. The van der Waals surface area contributed by atoms with Crippen molar-refractivity contribution in [1.82, 2.24) is 0 Å². The van der Waals surface area contributed by atoms with Gasteiger partial charge in [0.2, 0.25) is 5.91 Å². The van der Waals surface area contributed by atoms with E-state index in [4.69, 9.17) is 4.74 Å². The zero-order chi connectivity index (χ0) is 17.0. The maximum atomic E-state index is 12.2. The molecule has 23 heavy (non-hydrogen) atoms. The summed E-state index contributed by atoms with van der Waals surface area (Å²) in [5.74, 6) is -0.305. The molecule has 0 atom stereocenters. The lowest BCUT2D eigenvalue weighted by Gasteiger charge is -2.09. The molecule has 1 aromatic heterocycles. The normalized spacial score (nSPS) is 10.7. The third-order valence-corrected chi connectivity index (χ3v) is 4.61. The topological polar surface area (TPSA) is 55.4 Å². The molecule has 1 N–H and O–H groups in total. The van der Waals surface area contributed by atoms with Crippen molar-refractivity contribution in [1.29, 1.82) is 0 Å². The quantitative estimate of drug-likeness (QED) is 0.728. The van der Waals surface area contributed by atoms with Crippen molar-refractivity contribution in [2.24, 2.45) is 5.92 Å². The maximum absolute atomic E-state index is 12.2. The predicted molar refractivity (Wildman–Crippen MR) is 96.9 cm³/mol. The van der Waals surface area contributed by atoms with Gasteiger partial charge < -0.3 is 10.1 Å². The van der Waals surface area contributed by atoms with Crippen LogP contribution in [0.1, 0.15) is 30.6 Å². The molecule has 1 amide bonds. The van der Waals surface area contributed by atoms with Gasteiger partial charge in [0.1, 0.15) is 10.6 Å². The van der Waals surface area contributed by atoms with Crippen molar-refractivity contribution in [2.75, 3.05) is 12.4 Å². The first-order valence-electron chi connectivity index (χ1n) is 7.18. The molecule has 0 spiro atoms. The van der Waals surface area contributed by atoms with Gasteiger partial charge in [-0.25, -0.2) is 4.79 Å². The van der Waals surface area contributed by atoms with E-state index in [1.54, 1.807) is 0 Å². The van der Waals surface area contributed by atoms with E-state index in [1.807, 2.05) is 43.5 Å². The lowest BCUT2D eigenvalue weighted by atomic mass is 10.0. The molecule has 6 heteroatoms. The molecule has 0 aliphatic rings. The minimum absolute atomic E-state index is 0.102. The van der Waals surface area contributed by atoms with Crippen LogP contribution in [0.15, 0.2) is 34.1 Å². The Hall–Kier alpha value is -1.66. The number of esters is 1. The molecule has 122 valence electrons. The highest BCUT2D eigenvalue weighted by Crippen LogP contribution is 2.36. The Morgan fingerprint density at radius 1 is 1.26 bits per heavy atom. The number of hydrogen-bond acceptors (Lipinski definition) is 4. The molecule has 0 aliphatic carbocycles. The van der Waals surface area contributed by atoms with Crippen molar-refractivity contribution in [3.8, 4) is 11.1 Å². The number of halogens is 1. The lowest BCUT2D eigenvalue weighted by molar-refractivity contribution is -0.116. The van der Waals surface area contributed by atoms with E-state index in [-0.39, 0.29) is 11.8 Å². The molecule has 0 fully saturated rings. The van der Waals surface area contributed by atoms with Crippen molar-refractivity contribution in [3.05, 3.63) is 39.7 Å². The first-order valence-corrected chi connectivity index (χ1v) is 8.85. The van der Waals surface area contributed by atoms with E-state index in [1.165, 1.54) is 18.4 Å². The molecule has 4 nitrogen and oxygen atoms in total. The average Bonchev–Trinajstić information content (AvgIpc) is 2.89. The fourth-order valence-corrected chi connectivity index (χ4v) is 3.38. The van der Waals surface area contributed by atoms with Crippen LogP contribution in [0.2, 0.25) is 0 Å². The monoisotopic (exact) mass is 395 g/mol. The fourth-order valence-electron chi connectivity index (χ4n) is 2.14. The number of benzene rings is 1. The van der Waals surface area contributed by atoms with Crippen molar-refractivity contribution in [2.45, 2.75) is 20.3 Å². The van der Waals surface area contributed by atoms with E-state index in [0.29, 0.717) is 17.0 Å². The Kier molecular flexibility index (Phi) is 5.96. The molecule has 1 aromatic carbocycles. The highest BCUT2D eigenvalue weighted by molar-refractivity contribution is 9.10. The first kappa shape index (κ1) is 17.7. The smallest absolute Gasteiger partial charge is 0.341 e. The van der Waals surface area contributed by atoms with Crippen LogP contribution in [0.5, 0.6) is 0 Å². The Bertz CT molecular complexity index is 707. The van der Waals surface area contributed by atoms with E-state index >= 15 is 0 Å². The van der Waals surface area contributed by atoms with Gasteiger partial charge >= 0.3 is 5.97 Å². The minimum Gasteiger partial charge on any atom is -0.465 e. The molecule has 1 heterocycles. The molecule has 0 aliphatic heterocycles. The summed E-state index contributed by atoms with van der Waals surface area (Å²) in [6.07, 6.45) is 0.409. The number of nitrogens with one attached hydrogen (secondary N) is 1. The summed E-state index contributed by atoms with van der Waals surface area (Å²) < 4.78 is 5.85. The van der Waals surface area contributed by atoms with Crippen molar-refractivity contribution >= 4 is 44.1 Å². The third-order valence-electron chi connectivity index (χ3n) is 3.18. The van der Waals surface area contributed by atoms with Gasteiger partial charge in [-0.1, -0.05) is 41.9 Å². The number of amides is 1. The maximum Gasteiger partial charge on any atom is 0.341 e. The van der Waals surface area contributed by atoms with Gasteiger partial charge in [0.25, 0.3) is 0 Å². The second kappa shape index (κ2) is 7.75. The summed E-state index contributed by atoms with van der Waals surface area (Å²) in [4.78, 5) is 24.2. The molecule has 0 radical (unpaired) electrons. The zero-order valence-electron chi connectivity index (χ0n) is 13.2. The molecule has 0 saturated heterocycles. The number of hydrogen-bond donors (Lipinski definition) is 1. The number of ether oxygens (including phenoxy) is 1. The van der Waals surface area contributed by atoms with Crippen molar-refractivity contribution in [3.63, 3.8) is 0 Å². The Balaban J connectivity index is 2.39. The standard InChI is InChI=1S/C17H18BrNO3S/c1-10(2)8-14(20)19-16-15(17(21)22-3)13(9-23-16)11-4-6-12(18)7-5-11/h4-7,9-10H,8H2,1-3H3,(H,19,20). The van der Waals surface area contributed by atoms with Crippen LogP contribution in [0.4, 0.5) is 5.00 Å². The highest BCUT2D eigenvalue weighted by Gasteiger charge is 2.22. The predicted octanol–water partition coefficient (Wildman–Crippen LogP) is 4.95. The SMILES string of the molecule is COC(=O)c1c(-c2ccc(Br)cc2)csc1NC(=O)CC(C)C. The third kappa shape index (κ3) is 4.42. The summed E-state index contributed by atoms with van der Waals surface area (Å²) >= 11 is 4.72. The van der Waals surface area contributed by atoms with E-state index in [2.05, 4.69) is 21.2 Å². The van der Waals surface area contributed by atoms with E-state index < -0.39 is 5.97 Å². The summed E-state index contributed by atoms with van der Waals surface area (Å²) in [5.41, 5.74) is 2.06. The van der Waals surface area contributed by atoms with Crippen molar-refractivity contribution < 1.29 is 14.3 Å². The van der Waals surface area contributed by atoms with Gasteiger partial charge in [-0.2, -0.15) is 0 Å². The fraction of sp³-hybridized carbons (Fsp3) is 0.294. The Labute approximate surface area is 148 Å². The second-order valence-electron chi connectivity index (χ2n) is 5.50. The molecular weight excluding hydrogens is 378 g/mol. The van der Waals surface area contributed by atoms with Gasteiger partial charge in [-0.3, -0.25) is 4.79 Å². The molecule has 0 bridgehead atoms. The molecule has 2 aromatic rings. The number of methoxy groups -OCH3 is 1. The van der Waals surface area contributed by atoms with Crippen LogP contribution in [-0.2, 0) is 9.53 Å². The number of rotatable bonds is 5. The van der Waals surface area contributed by atoms with Crippen LogP contribution in [0.3, 0.4) is 0 Å². The molecule has 2 rings (SSSR count). The zero-order valence-corrected chi connectivity index (χ0v) is 15.6. The van der Waals surface area contributed by atoms with Gasteiger partial charge in [-0.15, -0.1) is 11.3 Å². The summed E-state index contributed by atoms with van der Waals surface area (Å²) in [7, 11) is 1.34. The van der Waals surface area contributed by atoms with Gasteiger partial charge in [-0.05, 0) is 23.6 Å². The summed E-state index contributed by atoms with van der Waals surface area (Å²) in [6.45, 7) is 3.95. The second-order valence-corrected chi connectivity index (χ2v) is 7.29. The Morgan fingerprint density at radius 2 is 1.91 bits per heavy atom. The van der Waals surface area contributed by atoms with Gasteiger partial charge in [0.15, 0.2) is 0 Å². The molecule has 0 saturated carbocycles. The van der Waals surface area contributed by atoms with Crippen LogP contribution in [0, 0.1) is 5.92 Å². The van der Waals surface area contributed by atoms with Crippen LogP contribution < -0.4 is 5.32 Å². The highest BCUT2D eigenvalue weighted by atomic mass is 79.9. The average molecular weight is 396 g/mol. The molecular formula is C17H18BrNO3S. The minimum atomic E-state index is -0.455. The Morgan fingerprint density at radius 3 is 2.48 bits per heavy atom. The number of carbonyl (C=O) groups excluding carboxylic acids is 2. The van der Waals surface area contributed by atoms with Crippen LogP contribution >= 0.6 is 27.3 Å². The van der Waals surface area contributed by atoms with Crippen LogP contribution in [-0.4, -0.2) is 19.0 Å². The summed E-state index contributed by atoms with van der Waals surface area (Å²) in [6, 6.07) is 7.65. The molecule has 0 unspecified atom stereocenters. The van der Waals surface area contributed by atoms with E-state index in [0.717, 1.165) is 15.6 Å². The number of anilines is 1. The van der Waals surface area contributed by atoms with Gasteiger partial charge in [0, 0.05) is 21.8 Å². The van der Waals surface area contributed by atoms with Gasteiger partial charge in [0.05, 0.1) is 7.11 Å².